The van der Waals surface area contributed by atoms with E-state index in [-0.39, 0.29) is 5.41 Å². The number of benzene rings is 1. The second kappa shape index (κ2) is 4.94. The lowest BCUT2D eigenvalue weighted by atomic mass is 9.99. The molecule has 0 saturated heterocycles. The van der Waals surface area contributed by atoms with Gasteiger partial charge in [0.2, 0.25) is 0 Å². The Balaban J connectivity index is 2.38. The molecule has 0 unspecified atom stereocenters. The Morgan fingerprint density at radius 3 is 2.33 bits per heavy atom. The molecule has 3 heteroatoms. The molecule has 1 aromatic rings. The number of hydrogen-bond acceptors (Lipinski definition) is 3. The number of carbonyl (C=O) groups is 1. The van der Waals surface area contributed by atoms with Crippen molar-refractivity contribution in [3.63, 3.8) is 0 Å². The van der Waals surface area contributed by atoms with Crippen molar-refractivity contribution in [3.8, 4) is 0 Å². The first kappa shape index (κ1) is 11.7. The molecule has 0 N–H and O–H groups in total. The zero-order chi connectivity index (χ0) is 11.3. The van der Waals surface area contributed by atoms with Gasteiger partial charge in [-0.2, -0.15) is 4.89 Å². The second-order valence-electron chi connectivity index (χ2n) is 4.32. The quantitative estimate of drug-likeness (QED) is 0.564. The van der Waals surface area contributed by atoms with Gasteiger partial charge in [-0.15, -0.1) is 0 Å². The summed E-state index contributed by atoms with van der Waals surface area (Å²) in [4.78, 5) is 20.7. The number of rotatable bonds is 3. The molecular formula is C12H15O3. The van der Waals surface area contributed by atoms with E-state index in [2.05, 4.69) is 4.89 Å². The van der Waals surface area contributed by atoms with Gasteiger partial charge in [-0.05, 0) is 17.5 Å². The average Bonchev–Trinajstić information content (AvgIpc) is 2.17. The topological polar surface area (TPSA) is 35.5 Å². The lowest BCUT2D eigenvalue weighted by Gasteiger charge is -2.15. The summed E-state index contributed by atoms with van der Waals surface area (Å²) in [6.07, 6.45) is 0. The van der Waals surface area contributed by atoms with Crippen LogP contribution in [0.4, 0.5) is 0 Å². The molecule has 0 heterocycles. The van der Waals surface area contributed by atoms with Gasteiger partial charge in [-0.25, -0.2) is 4.79 Å². The van der Waals surface area contributed by atoms with Crippen molar-refractivity contribution in [1.82, 2.24) is 0 Å². The fraction of sp³-hybridized carbons (Fsp3) is 0.333. The van der Waals surface area contributed by atoms with E-state index in [0.717, 1.165) is 0 Å². The summed E-state index contributed by atoms with van der Waals surface area (Å²) in [6.45, 7) is 7.32. The van der Waals surface area contributed by atoms with Crippen LogP contribution in [-0.4, -0.2) is 5.97 Å². The molecule has 1 aromatic carbocycles. The van der Waals surface area contributed by atoms with Gasteiger partial charge in [0.25, 0.3) is 0 Å². The molecule has 0 spiro atoms. The highest BCUT2D eigenvalue weighted by atomic mass is 17.2. The van der Waals surface area contributed by atoms with E-state index >= 15 is 0 Å². The molecule has 0 fully saturated rings. The van der Waals surface area contributed by atoms with E-state index in [1.54, 1.807) is 24.3 Å². The summed E-state index contributed by atoms with van der Waals surface area (Å²) in [6, 6.07) is 8.71. The van der Waals surface area contributed by atoms with Crippen LogP contribution in [-0.2, 0) is 9.78 Å². The van der Waals surface area contributed by atoms with Crippen LogP contribution in [0.2, 0.25) is 0 Å². The lowest BCUT2D eigenvalue weighted by molar-refractivity contribution is -0.224. The third-order valence-corrected chi connectivity index (χ3v) is 1.53. The minimum Gasteiger partial charge on any atom is -0.292 e. The molecule has 3 nitrogen and oxygen atoms in total. The Morgan fingerprint density at radius 1 is 1.20 bits per heavy atom. The van der Waals surface area contributed by atoms with Crippen LogP contribution in [0.1, 0.15) is 31.1 Å². The smallest absolute Gasteiger partial charge is 0.292 e. The summed E-state index contributed by atoms with van der Waals surface area (Å²) in [5.41, 5.74) is 0.330. The predicted octanol–water partition coefficient (Wildman–Crippen LogP) is 2.98. The lowest BCUT2D eigenvalue weighted by Crippen LogP contribution is -2.12. The van der Waals surface area contributed by atoms with Gasteiger partial charge in [0.15, 0.2) is 0 Å². The monoisotopic (exact) mass is 207 g/mol. The molecule has 81 valence electrons. The van der Waals surface area contributed by atoms with Gasteiger partial charge in [0, 0.05) is 0 Å². The van der Waals surface area contributed by atoms with Crippen molar-refractivity contribution in [2.75, 3.05) is 0 Å². The van der Waals surface area contributed by atoms with Crippen LogP contribution in [0, 0.1) is 12.0 Å². The first-order valence-corrected chi connectivity index (χ1v) is 4.76. The van der Waals surface area contributed by atoms with E-state index in [9.17, 15) is 4.79 Å². The standard InChI is InChI=1S/C12H15O3/c1-12(2,3)9-14-15-11(13)10-7-5-4-6-8-10/h4-9H,1-3H3. The summed E-state index contributed by atoms with van der Waals surface area (Å²) < 4.78 is 0. The normalized spacial score (nSPS) is 11.1. The van der Waals surface area contributed by atoms with Crippen LogP contribution in [0.25, 0.3) is 0 Å². The van der Waals surface area contributed by atoms with Crippen molar-refractivity contribution < 1.29 is 14.6 Å². The molecule has 1 rings (SSSR count). The van der Waals surface area contributed by atoms with Gasteiger partial charge < -0.3 is 0 Å². The average molecular weight is 207 g/mol. The van der Waals surface area contributed by atoms with Crippen molar-refractivity contribution in [2.24, 2.45) is 5.41 Å². The van der Waals surface area contributed by atoms with Crippen LogP contribution in [0.3, 0.4) is 0 Å². The highest BCUT2D eigenvalue weighted by Gasteiger charge is 2.14. The fourth-order valence-corrected chi connectivity index (χ4v) is 0.834. The van der Waals surface area contributed by atoms with Crippen LogP contribution >= 0.6 is 0 Å². The van der Waals surface area contributed by atoms with Crippen LogP contribution < -0.4 is 0 Å². The maximum Gasteiger partial charge on any atom is 0.373 e. The molecule has 0 aliphatic rings. The minimum absolute atomic E-state index is 0.142. The third kappa shape index (κ3) is 4.61. The molecule has 0 saturated carbocycles. The zero-order valence-corrected chi connectivity index (χ0v) is 9.19. The Hall–Kier alpha value is -1.35. The highest BCUT2D eigenvalue weighted by molar-refractivity contribution is 5.88. The molecule has 1 radical (unpaired) electrons. The number of carbonyl (C=O) groups excluding carboxylic acids is 1. The maximum atomic E-state index is 11.4. The molecule has 0 amide bonds. The van der Waals surface area contributed by atoms with Gasteiger partial charge >= 0.3 is 5.97 Å². The third-order valence-electron chi connectivity index (χ3n) is 1.53. The first-order valence-electron chi connectivity index (χ1n) is 4.76. The van der Waals surface area contributed by atoms with Gasteiger partial charge in [-0.1, -0.05) is 39.0 Å². The minimum atomic E-state index is -0.490. The highest BCUT2D eigenvalue weighted by Crippen LogP contribution is 2.18. The van der Waals surface area contributed by atoms with Crippen molar-refractivity contribution in [1.29, 1.82) is 0 Å². The molecule has 0 bridgehead atoms. The Labute approximate surface area is 89.9 Å². The molecular weight excluding hydrogens is 192 g/mol. The summed E-state index contributed by atoms with van der Waals surface area (Å²) in [5, 5.41) is 0. The summed E-state index contributed by atoms with van der Waals surface area (Å²) >= 11 is 0. The van der Waals surface area contributed by atoms with Gasteiger partial charge in [-0.3, -0.25) is 4.89 Å². The maximum absolute atomic E-state index is 11.4. The summed E-state index contributed by atoms with van der Waals surface area (Å²) in [5.74, 6) is -0.490. The predicted molar refractivity (Wildman–Crippen MR) is 56.7 cm³/mol. The van der Waals surface area contributed by atoms with E-state index in [0.29, 0.717) is 5.56 Å². The molecule has 0 aromatic heterocycles. The zero-order valence-electron chi connectivity index (χ0n) is 9.19. The molecule has 0 atom stereocenters. The van der Waals surface area contributed by atoms with Crippen LogP contribution in [0.5, 0.6) is 0 Å². The largest absolute Gasteiger partial charge is 0.373 e. The van der Waals surface area contributed by atoms with Crippen LogP contribution in [0.15, 0.2) is 30.3 Å². The van der Waals surface area contributed by atoms with E-state index in [1.807, 2.05) is 26.8 Å². The van der Waals surface area contributed by atoms with E-state index in [4.69, 9.17) is 4.89 Å². The van der Waals surface area contributed by atoms with Crippen molar-refractivity contribution in [2.45, 2.75) is 20.8 Å². The summed E-state index contributed by atoms with van der Waals surface area (Å²) in [7, 11) is 0. The number of hydrogen-bond donors (Lipinski definition) is 0. The second-order valence-corrected chi connectivity index (χ2v) is 4.32. The van der Waals surface area contributed by atoms with Crippen molar-refractivity contribution in [3.05, 3.63) is 42.5 Å². The first-order chi connectivity index (χ1) is 6.99. The molecule has 0 aliphatic heterocycles. The molecule has 15 heavy (non-hydrogen) atoms. The SMILES string of the molecule is CC(C)(C)[CH]OOC(=O)c1ccccc1. The van der Waals surface area contributed by atoms with Gasteiger partial charge in [0.1, 0.15) is 6.61 Å². The Kier molecular flexibility index (Phi) is 3.86. The Bertz CT molecular complexity index is 311. The Morgan fingerprint density at radius 2 is 1.80 bits per heavy atom. The van der Waals surface area contributed by atoms with E-state index in [1.165, 1.54) is 6.61 Å². The fourth-order valence-electron chi connectivity index (χ4n) is 0.834. The van der Waals surface area contributed by atoms with Gasteiger partial charge in [0.05, 0.1) is 5.56 Å². The van der Waals surface area contributed by atoms with E-state index < -0.39 is 5.97 Å². The molecule has 0 aliphatic carbocycles. The van der Waals surface area contributed by atoms with Crippen molar-refractivity contribution >= 4 is 5.97 Å².